The highest BCUT2D eigenvalue weighted by atomic mass is 79.9. The molecule has 0 saturated carbocycles. The largest absolute Gasteiger partial charge is 0.453 e. The van der Waals surface area contributed by atoms with Crippen LogP contribution in [0.5, 0.6) is 11.5 Å². The van der Waals surface area contributed by atoms with Crippen LogP contribution in [-0.2, 0) is 22.2 Å². The van der Waals surface area contributed by atoms with Crippen molar-refractivity contribution in [3.8, 4) is 11.5 Å². The van der Waals surface area contributed by atoms with E-state index in [4.69, 9.17) is 4.74 Å². The van der Waals surface area contributed by atoms with E-state index < -0.39 is 36.0 Å². The van der Waals surface area contributed by atoms with Gasteiger partial charge in [-0.05, 0) is 40.5 Å². The second-order valence-corrected chi connectivity index (χ2v) is 8.91. The standard InChI is InChI=1S/C23H14BrF4N5O4/c24-15-6-12(7-16(25)20(15)37-17-3-4-30-21-14(17)1-2-18(34)31-21)33-19(35)10-32(22(33)36)13-5-11(8-29-9-13)23(26,27)28/h3-9H,1-2,10H2,(H,30,31,34). The number of rotatable bonds is 4. The minimum Gasteiger partial charge on any atom is -0.453 e. The number of nitrogens with one attached hydrogen (secondary N) is 1. The summed E-state index contributed by atoms with van der Waals surface area (Å²) in [6, 6.07) is 3.42. The molecule has 3 aromatic rings. The summed E-state index contributed by atoms with van der Waals surface area (Å²) in [7, 11) is 0. The fraction of sp³-hybridized carbons (Fsp3) is 0.174. The van der Waals surface area contributed by atoms with Gasteiger partial charge in [-0.25, -0.2) is 19.1 Å². The lowest BCUT2D eigenvalue weighted by Gasteiger charge is -2.21. The molecular weight excluding hydrogens is 566 g/mol. The molecule has 1 N–H and O–H groups in total. The Bertz CT molecular complexity index is 1440. The summed E-state index contributed by atoms with van der Waals surface area (Å²) in [4.78, 5) is 46.3. The van der Waals surface area contributed by atoms with Crippen LogP contribution in [-0.4, -0.2) is 34.4 Å². The summed E-state index contributed by atoms with van der Waals surface area (Å²) >= 11 is 3.19. The number of hydrogen-bond donors (Lipinski definition) is 1. The van der Waals surface area contributed by atoms with E-state index in [-0.39, 0.29) is 39.7 Å². The van der Waals surface area contributed by atoms with Crippen LogP contribution in [0.3, 0.4) is 0 Å². The first-order valence-electron chi connectivity index (χ1n) is 10.6. The molecule has 0 aliphatic carbocycles. The topological polar surface area (TPSA) is 105 Å². The van der Waals surface area contributed by atoms with E-state index in [0.29, 0.717) is 35.0 Å². The minimum atomic E-state index is -4.70. The van der Waals surface area contributed by atoms with Gasteiger partial charge >= 0.3 is 12.2 Å². The van der Waals surface area contributed by atoms with Crippen LogP contribution in [0.4, 0.5) is 39.5 Å². The van der Waals surface area contributed by atoms with Crippen molar-refractivity contribution < 1.29 is 36.7 Å². The molecule has 0 radical (unpaired) electrons. The van der Waals surface area contributed by atoms with Gasteiger partial charge in [0.05, 0.1) is 27.6 Å². The number of benzene rings is 1. The SMILES string of the molecule is O=C1CCc2c(Oc3c(F)cc(N4C(=O)CN(c5cncc(C(F)(F)F)c5)C4=O)cc3Br)ccnc2N1. The molecule has 2 aliphatic heterocycles. The summed E-state index contributed by atoms with van der Waals surface area (Å²) in [5.74, 6) is -1.58. The Balaban J connectivity index is 1.43. The van der Waals surface area contributed by atoms with Gasteiger partial charge in [0, 0.05) is 30.4 Å². The summed E-state index contributed by atoms with van der Waals surface area (Å²) < 4.78 is 60.2. The number of urea groups is 1. The average Bonchev–Trinajstić information content (AvgIpc) is 3.14. The molecule has 1 fully saturated rings. The quantitative estimate of drug-likeness (QED) is 0.343. The molecule has 9 nitrogen and oxygen atoms in total. The van der Waals surface area contributed by atoms with E-state index in [0.717, 1.165) is 17.2 Å². The van der Waals surface area contributed by atoms with Crippen LogP contribution >= 0.6 is 15.9 Å². The number of aromatic nitrogens is 2. The minimum absolute atomic E-state index is 0.0627. The lowest BCUT2D eigenvalue weighted by Crippen LogP contribution is -2.33. The predicted octanol–water partition coefficient (Wildman–Crippen LogP) is 5.05. The number of anilines is 3. The van der Waals surface area contributed by atoms with E-state index in [1.54, 1.807) is 0 Å². The van der Waals surface area contributed by atoms with Gasteiger partial charge in [0.2, 0.25) is 5.91 Å². The maximum absolute atomic E-state index is 15.2. The van der Waals surface area contributed by atoms with Crippen LogP contribution < -0.4 is 19.9 Å². The zero-order valence-corrected chi connectivity index (χ0v) is 20.1. The van der Waals surface area contributed by atoms with Crippen molar-refractivity contribution >= 4 is 51.0 Å². The van der Waals surface area contributed by atoms with E-state index in [1.807, 2.05) is 0 Å². The van der Waals surface area contributed by atoms with Crippen molar-refractivity contribution in [1.82, 2.24) is 9.97 Å². The van der Waals surface area contributed by atoms with Crippen molar-refractivity contribution in [3.63, 3.8) is 0 Å². The summed E-state index contributed by atoms with van der Waals surface area (Å²) in [6.07, 6.45) is -1.15. The maximum atomic E-state index is 15.2. The Morgan fingerprint density at radius 2 is 1.84 bits per heavy atom. The first-order valence-corrected chi connectivity index (χ1v) is 11.4. The molecule has 2 aromatic heterocycles. The van der Waals surface area contributed by atoms with Crippen molar-refractivity contribution in [3.05, 3.63) is 64.3 Å². The van der Waals surface area contributed by atoms with Gasteiger partial charge in [0.25, 0.3) is 5.91 Å². The van der Waals surface area contributed by atoms with Gasteiger partial charge in [-0.1, -0.05) is 0 Å². The molecule has 5 rings (SSSR count). The molecule has 0 spiro atoms. The smallest absolute Gasteiger partial charge is 0.417 e. The van der Waals surface area contributed by atoms with E-state index >= 15 is 4.39 Å². The molecule has 0 bridgehead atoms. The molecule has 0 atom stereocenters. The predicted molar refractivity (Wildman–Crippen MR) is 125 cm³/mol. The number of fused-ring (bicyclic) bond motifs is 1. The van der Waals surface area contributed by atoms with Crippen LogP contribution in [0.15, 0.2) is 47.3 Å². The fourth-order valence-corrected chi connectivity index (χ4v) is 4.43. The second kappa shape index (κ2) is 9.10. The summed E-state index contributed by atoms with van der Waals surface area (Å²) in [5.41, 5.74) is -0.896. The van der Waals surface area contributed by atoms with Gasteiger partial charge in [0.1, 0.15) is 18.1 Å². The number of ether oxygens (including phenoxy) is 1. The molecule has 0 unspecified atom stereocenters. The van der Waals surface area contributed by atoms with Gasteiger partial charge in [-0.15, -0.1) is 0 Å². The van der Waals surface area contributed by atoms with Crippen LogP contribution in [0.25, 0.3) is 0 Å². The lowest BCUT2D eigenvalue weighted by atomic mass is 10.1. The van der Waals surface area contributed by atoms with E-state index in [1.165, 1.54) is 18.3 Å². The second-order valence-electron chi connectivity index (χ2n) is 8.05. The fourth-order valence-electron chi connectivity index (χ4n) is 3.92. The molecule has 190 valence electrons. The van der Waals surface area contributed by atoms with Crippen molar-refractivity contribution in [2.24, 2.45) is 0 Å². The highest BCUT2D eigenvalue weighted by Gasteiger charge is 2.40. The number of nitrogens with zero attached hydrogens (tertiary/aromatic N) is 4. The monoisotopic (exact) mass is 579 g/mol. The number of pyridine rings is 2. The van der Waals surface area contributed by atoms with Gasteiger partial charge in [-0.3, -0.25) is 19.5 Å². The Morgan fingerprint density at radius 3 is 2.57 bits per heavy atom. The third kappa shape index (κ3) is 4.59. The molecular formula is C23H14BrF4N5O4. The van der Waals surface area contributed by atoms with Crippen LogP contribution in [0.2, 0.25) is 0 Å². The van der Waals surface area contributed by atoms with Gasteiger partial charge in [0.15, 0.2) is 11.6 Å². The highest BCUT2D eigenvalue weighted by Crippen LogP contribution is 2.40. The highest BCUT2D eigenvalue weighted by molar-refractivity contribution is 9.10. The van der Waals surface area contributed by atoms with E-state index in [9.17, 15) is 27.6 Å². The average molecular weight is 580 g/mol. The molecule has 1 saturated heterocycles. The summed E-state index contributed by atoms with van der Waals surface area (Å²) in [6.45, 7) is -0.561. The molecule has 4 heterocycles. The molecule has 2 aliphatic rings. The Kier molecular flexibility index (Phi) is 6.06. The van der Waals surface area contributed by atoms with Crippen LogP contribution in [0.1, 0.15) is 17.5 Å². The van der Waals surface area contributed by atoms with Crippen molar-refractivity contribution in [2.45, 2.75) is 19.0 Å². The van der Waals surface area contributed by atoms with Gasteiger partial charge in [-0.2, -0.15) is 13.2 Å². The number of carbonyl (C=O) groups is 3. The van der Waals surface area contributed by atoms with Crippen molar-refractivity contribution in [1.29, 1.82) is 0 Å². The normalized spacial score (nSPS) is 15.6. The first kappa shape index (κ1) is 24.6. The number of hydrogen-bond acceptors (Lipinski definition) is 6. The number of imide groups is 1. The molecule has 4 amide bonds. The van der Waals surface area contributed by atoms with Crippen LogP contribution in [0, 0.1) is 5.82 Å². The Labute approximate surface area is 214 Å². The van der Waals surface area contributed by atoms with Gasteiger partial charge < -0.3 is 10.1 Å². The zero-order chi connectivity index (χ0) is 26.5. The third-order valence-electron chi connectivity index (χ3n) is 5.65. The number of amides is 4. The first-order chi connectivity index (χ1) is 17.5. The molecule has 14 heteroatoms. The number of halogens is 5. The Morgan fingerprint density at radius 1 is 1.05 bits per heavy atom. The summed E-state index contributed by atoms with van der Waals surface area (Å²) in [5, 5.41) is 2.61. The maximum Gasteiger partial charge on any atom is 0.417 e. The number of alkyl halides is 3. The third-order valence-corrected chi connectivity index (χ3v) is 6.24. The number of carbonyl (C=O) groups excluding carboxylic acids is 3. The Hall–Kier alpha value is -4.07. The zero-order valence-electron chi connectivity index (χ0n) is 18.5. The lowest BCUT2D eigenvalue weighted by molar-refractivity contribution is -0.137. The molecule has 1 aromatic carbocycles. The van der Waals surface area contributed by atoms with E-state index in [2.05, 4.69) is 31.2 Å². The molecule has 37 heavy (non-hydrogen) atoms. The van der Waals surface area contributed by atoms with Crippen molar-refractivity contribution in [2.75, 3.05) is 21.7 Å².